The number of hydrogen-bond donors (Lipinski definition) is 1. The molecule has 8 heteroatoms. The first-order valence-electron chi connectivity index (χ1n) is 8.17. The number of ether oxygens (including phenoxy) is 1. The van der Waals surface area contributed by atoms with E-state index in [9.17, 15) is 13.6 Å². The third kappa shape index (κ3) is 4.91. The van der Waals surface area contributed by atoms with Gasteiger partial charge in [0.2, 0.25) is 5.16 Å². The topological polar surface area (TPSA) is 67.9 Å². The van der Waals surface area contributed by atoms with E-state index in [4.69, 9.17) is 0 Å². The lowest BCUT2D eigenvalue weighted by Gasteiger charge is -2.09. The van der Waals surface area contributed by atoms with Crippen molar-refractivity contribution in [2.45, 2.75) is 30.9 Å². The first kappa shape index (κ1) is 19.0. The van der Waals surface area contributed by atoms with Crippen LogP contribution in [0, 0.1) is 6.92 Å². The second-order valence-corrected chi connectivity index (χ2v) is 7.17. The molecule has 0 radical (unpaired) electrons. The summed E-state index contributed by atoms with van der Waals surface area (Å²) in [5.41, 5.74) is 2.47. The highest BCUT2D eigenvalue weighted by molar-refractivity contribution is 8.00. The average molecular weight is 389 g/mol. The van der Waals surface area contributed by atoms with Gasteiger partial charge in [0.1, 0.15) is 5.75 Å². The van der Waals surface area contributed by atoms with Crippen LogP contribution in [0.15, 0.2) is 53.7 Å². The summed E-state index contributed by atoms with van der Waals surface area (Å²) < 4.78 is 28.7. The van der Waals surface area contributed by atoms with Crippen LogP contribution in [0.3, 0.4) is 0 Å². The van der Waals surface area contributed by atoms with E-state index in [0.717, 1.165) is 11.1 Å². The second kappa shape index (κ2) is 8.30. The first-order chi connectivity index (χ1) is 12.9. The molecule has 3 aromatic rings. The Hall–Kier alpha value is -2.74. The molecule has 5 nitrogen and oxygen atoms in total. The lowest BCUT2D eigenvalue weighted by Crippen LogP contribution is -2.13. The van der Waals surface area contributed by atoms with Crippen molar-refractivity contribution in [3.05, 3.63) is 59.7 Å². The van der Waals surface area contributed by atoms with Gasteiger partial charge < -0.3 is 4.74 Å². The second-order valence-electron chi connectivity index (χ2n) is 5.86. The summed E-state index contributed by atoms with van der Waals surface area (Å²) in [4.78, 5) is 16.9. The molecule has 1 heterocycles. The number of H-pyrrole nitrogens is 1. The van der Waals surface area contributed by atoms with Gasteiger partial charge in [-0.3, -0.25) is 9.89 Å². The summed E-state index contributed by atoms with van der Waals surface area (Å²) >= 11 is 1.23. The number of rotatable bonds is 7. The molecule has 0 bridgehead atoms. The molecule has 0 fully saturated rings. The smallest absolute Gasteiger partial charge is 0.387 e. The molecule has 0 aliphatic heterocycles. The normalized spacial score (nSPS) is 12.2. The van der Waals surface area contributed by atoms with Gasteiger partial charge in [0.15, 0.2) is 11.6 Å². The third-order valence-corrected chi connectivity index (χ3v) is 4.77. The zero-order chi connectivity index (χ0) is 19.4. The van der Waals surface area contributed by atoms with E-state index in [1.54, 1.807) is 6.92 Å². The summed E-state index contributed by atoms with van der Waals surface area (Å²) in [5.74, 6) is 0.495. The molecule has 27 heavy (non-hydrogen) atoms. The van der Waals surface area contributed by atoms with E-state index in [2.05, 4.69) is 19.9 Å². The number of carbonyl (C=O) groups excluding carboxylic acids is 1. The van der Waals surface area contributed by atoms with E-state index in [1.165, 1.54) is 36.0 Å². The standard InChI is InChI=1S/C19H17F2N3O2S/c1-11-3-5-14(6-4-11)17-22-19(24-23-17)27-12(2)16(25)13-7-9-15(10-8-13)26-18(20)21/h3-10,12,18H,1-2H3,(H,22,23,24)/t12-/m1/s1. The number of nitrogens with zero attached hydrogens (tertiary/aromatic N) is 2. The van der Waals surface area contributed by atoms with Crippen molar-refractivity contribution in [2.75, 3.05) is 0 Å². The molecular formula is C19H17F2N3O2S. The monoisotopic (exact) mass is 389 g/mol. The number of nitrogens with one attached hydrogen (secondary N) is 1. The van der Waals surface area contributed by atoms with Crippen LogP contribution < -0.4 is 4.74 Å². The van der Waals surface area contributed by atoms with Crippen LogP contribution in [0.5, 0.6) is 5.75 Å². The van der Waals surface area contributed by atoms with Crippen LogP contribution in [0.25, 0.3) is 11.4 Å². The number of benzene rings is 2. The van der Waals surface area contributed by atoms with Gasteiger partial charge in [-0.05, 0) is 38.1 Å². The summed E-state index contributed by atoms with van der Waals surface area (Å²) in [6.45, 7) is 0.859. The Balaban J connectivity index is 1.65. The number of aryl methyl sites for hydroxylation is 1. The number of halogens is 2. The van der Waals surface area contributed by atoms with Gasteiger partial charge in [-0.15, -0.1) is 5.10 Å². The van der Waals surface area contributed by atoms with E-state index < -0.39 is 11.9 Å². The van der Waals surface area contributed by atoms with Gasteiger partial charge in [-0.1, -0.05) is 41.6 Å². The number of thioether (sulfide) groups is 1. The lowest BCUT2D eigenvalue weighted by atomic mass is 10.1. The Kier molecular flexibility index (Phi) is 5.85. The van der Waals surface area contributed by atoms with Crippen LogP contribution in [-0.4, -0.2) is 32.8 Å². The zero-order valence-corrected chi connectivity index (χ0v) is 15.5. The number of ketones is 1. The lowest BCUT2D eigenvalue weighted by molar-refractivity contribution is -0.0498. The zero-order valence-electron chi connectivity index (χ0n) is 14.6. The van der Waals surface area contributed by atoms with Gasteiger partial charge in [0, 0.05) is 11.1 Å². The fourth-order valence-electron chi connectivity index (χ4n) is 2.39. The number of carbonyl (C=O) groups is 1. The van der Waals surface area contributed by atoms with Crippen molar-refractivity contribution in [1.29, 1.82) is 0 Å². The molecular weight excluding hydrogens is 372 g/mol. The maximum atomic E-state index is 12.5. The van der Waals surface area contributed by atoms with Crippen LogP contribution >= 0.6 is 11.8 Å². The molecule has 1 atom stereocenters. The number of Topliss-reactive ketones (excluding diaryl/α,β-unsaturated/α-hetero) is 1. The molecule has 0 amide bonds. The van der Waals surface area contributed by atoms with Gasteiger partial charge in [-0.25, -0.2) is 4.98 Å². The molecule has 3 rings (SSSR count). The van der Waals surface area contributed by atoms with Crippen molar-refractivity contribution >= 4 is 17.5 Å². The minimum absolute atomic E-state index is 0.0126. The van der Waals surface area contributed by atoms with Crippen LogP contribution in [0.2, 0.25) is 0 Å². The maximum Gasteiger partial charge on any atom is 0.387 e. The Morgan fingerprint density at radius 2 is 1.78 bits per heavy atom. The molecule has 0 saturated heterocycles. The number of hydrogen-bond acceptors (Lipinski definition) is 5. The third-order valence-electron chi connectivity index (χ3n) is 3.81. The van der Waals surface area contributed by atoms with Crippen molar-refractivity contribution in [3.63, 3.8) is 0 Å². The van der Waals surface area contributed by atoms with Gasteiger partial charge in [0.25, 0.3) is 0 Å². The largest absolute Gasteiger partial charge is 0.435 e. The fourth-order valence-corrected chi connectivity index (χ4v) is 3.19. The van der Waals surface area contributed by atoms with Crippen molar-refractivity contribution in [2.24, 2.45) is 0 Å². The highest BCUT2D eigenvalue weighted by Crippen LogP contribution is 2.26. The van der Waals surface area contributed by atoms with Crippen molar-refractivity contribution < 1.29 is 18.3 Å². The highest BCUT2D eigenvalue weighted by atomic mass is 32.2. The Morgan fingerprint density at radius 3 is 2.41 bits per heavy atom. The average Bonchev–Trinajstić information content (AvgIpc) is 3.10. The molecule has 0 saturated carbocycles. The first-order valence-corrected chi connectivity index (χ1v) is 9.05. The number of aromatic nitrogens is 3. The summed E-state index contributed by atoms with van der Waals surface area (Å²) in [6.07, 6.45) is 0. The van der Waals surface area contributed by atoms with Gasteiger partial charge in [0.05, 0.1) is 5.25 Å². The summed E-state index contributed by atoms with van der Waals surface area (Å²) in [5, 5.41) is 7.05. The van der Waals surface area contributed by atoms with E-state index in [0.29, 0.717) is 16.5 Å². The van der Waals surface area contributed by atoms with Crippen LogP contribution in [0.4, 0.5) is 8.78 Å². The predicted molar refractivity (Wildman–Crippen MR) is 99.3 cm³/mol. The van der Waals surface area contributed by atoms with Crippen molar-refractivity contribution in [1.82, 2.24) is 15.2 Å². The molecule has 0 unspecified atom stereocenters. The Bertz CT molecular complexity index is 911. The van der Waals surface area contributed by atoms with Gasteiger partial charge in [-0.2, -0.15) is 8.78 Å². The van der Waals surface area contributed by atoms with E-state index >= 15 is 0 Å². The Morgan fingerprint density at radius 1 is 1.11 bits per heavy atom. The van der Waals surface area contributed by atoms with E-state index in [-0.39, 0.29) is 11.5 Å². The van der Waals surface area contributed by atoms with Crippen LogP contribution in [0.1, 0.15) is 22.8 Å². The quantitative estimate of drug-likeness (QED) is 0.467. The predicted octanol–water partition coefficient (Wildman–Crippen LogP) is 4.75. The molecule has 1 aromatic heterocycles. The molecule has 0 spiro atoms. The molecule has 2 aromatic carbocycles. The van der Waals surface area contributed by atoms with Gasteiger partial charge >= 0.3 is 6.61 Å². The molecule has 1 N–H and O–H groups in total. The highest BCUT2D eigenvalue weighted by Gasteiger charge is 2.19. The summed E-state index contributed by atoms with van der Waals surface area (Å²) in [7, 11) is 0. The molecule has 0 aliphatic carbocycles. The SMILES string of the molecule is Cc1ccc(-c2nc(S[C@H](C)C(=O)c3ccc(OC(F)F)cc3)n[nH]2)cc1. The maximum absolute atomic E-state index is 12.5. The molecule has 140 valence electrons. The van der Waals surface area contributed by atoms with Crippen LogP contribution in [-0.2, 0) is 0 Å². The minimum Gasteiger partial charge on any atom is -0.435 e. The van der Waals surface area contributed by atoms with Crippen molar-refractivity contribution in [3.8, 4) is 17.1 Å². The minimum atomic E-state index is -2.89. The fraction of sp³-hybridized carbons (Fsp3) is 0.211. The number of aromatic amines is 1. The summed E-state index contributed by atoms with van der Waals surface area (Å²) in [6, 6.07) is 13.5. The number of alkyl halides is 2. The molecule has 0 aliphatic rings. The van der Waals surface area contributed by atoms with E-state index in [1.807, 2.05) is 31.2 Å². The Labute approximate surface area is 159 Å².